The van der Waals surface area contributed by atoms with Gasteiger partial charge in [-0.3, -0.25) is 14.4 Å². The van der Waals surface area contributed by atoms with E-state index in [1.807, 2.05) is 6.92 Å². The van der Waals surface area contributed by atoms with Gasteiger partial charge in [0.05, 0.1) is 30.6 Å². The molecule has 0 unspecified atom stereocenters. The molecule has 1 saturated heterocycles. The molecule has 0 spiro atoms. The number of aryl methyl sites for hydroxylation is 1. The van der Waals surface area contributed by atoms with Crippen LogP contribution in [0.25, 0.3) is 11.0 Å². The Morgan fingerprint density at radius 2 is 1.92 bits per heavy atom. The van der Waals surface area contributed by atoms with E-state index in [2.05, 4.69) is 34.8 Å². The molecular formula is C26H32F2N6O2. The average molecular weight is 499 g/mol. The molecular weight excluding hydrogens is 466 g/mol. The summed E-state index contributed by atoms with van der Waals surface area (Å²) in [5.74, 6) is -1.10. The molecule has 2 aromatic heterocycles. The first kappa shape index (κ1) is 25.6. The van der Waals surface area contributed by atoms with Crippen LogP contribution in [0.2, 0.25) is 0 Å². The first-order valence-electron chi connectivity index (χ1n) is 12.2. The summed E-state index contributed by atoms with van der Waals surface area (Å²) < 4.78 is 37.2. The van der Waals surface area contributed by atoms with Gasteiger partial charge in [-0.05, 0) is 19.8 Å². The predicted molar refractivity (Wildman–Crippen MR) is 134 cm³/mol. The lowest BCUT2D eigenvalue weighted by molar-refractivity contribution is 0.0977. The Kier molecular flexibility index (Phi) is 7.31. The van der Waals surface area contributed by atoms with Crippen LogP contribution in [0.5, 0.6) is 5.75 Å². The van der Waals surface area contributed by atoms with Gasteiger partial charge in [-0.25, -0.2) is 8.78 Å². The van der Waals surface area contributed by atoms with Crippen LogP contribution in [0.3, 0.4) is 0 Å². The van der Waals surface area contributed by atoms with Crippen LogP contribution in [0.15, 0.2) is 29.2 Å². The highest BCUT2D eigenvalue weighted by Gasteiger charge is 2.38. The topological polar surface area (TPSA) is 79.3 Å². The minimum atomic E-state index is -0.672. The van der Waals surface area contributed by atoms with Gasteiger partial charge in [-0.15, -0.1) is 0 Å². The first-order chi connectivity index (χ1) is 17.2. The zero-order valence-electron chi connectivity index (χ0n) is 21.3. The Morgan fingerprint density at radius 1 is 1.19 bits per heavy atom. The van der Waals surface area contributed by atoms with Crippen LogP contribution in [0, 0.1) is 23.0 Å². The SMILES string of the molecule is CC[C@H]1CN([C@@H](C)c2c(F)cc(F)cc2OC)[C@H](CC)CN1c1cc(=O)n(C)c2cn(CC#N)nc12. The second-order valence-corrected chi connectivity index (χ2v) is 9.30. The van der Waals surface area contributed by atoms with Crippen LogP contribution in [0.1, 0.15) is 45.2 Å². The molecule has 0 amide bonds. The van der Waals surface area contributed by atoms with Crippen molar-refractivity contribution in [2.75, 3.05) is 25.1 Å². The lowest BCUT2D eigenvalue weighted by Gasteiger charge is -2.49. The van der Waals surface area contributed by atoms with Crippen LogP contribution in [0.4, 0.5) is 14.5 Å². The molecule has 0 aliphatic carbocycles. The number of hydrogen-bond donors (Lipinski definition) is 0. The molecule has 1 aliphatic heterocycles. The molecule has 8 nitrogen and oxygen atoms in total. The van der Waals surface area contributed by atoms with Gasteiger partial charge in [0.2, 0.25) is 0 Å². The summed E-state index contributed by atoms with van der Waals surface area (Å²) in [5.41, 5.74) is 2.28. The van der Waals surface area contributed by atoms with Gasteiger partial charge in [0.25, 0.3) is 5.56 Å². The quantitative estimate of drug-likeness (QED) is 0.490. The van der Waals surface area contributed by atoms with Gasteiger partial charge in [-0.1, -0.05) is 13.8 Å². The summed E-state index contributed by atoms with van der Waals surface area (Å²) in [6.07, 6.45) is 3.31. The van der Waals surface area contributed by atoms with Crippen molar-refractivity contribution >= 4 is 16.7 Å². The lowest BCUT2D eigenvalue weighted by Crippen LogP contribution is -2.59. The summed E-state index contributed by atoms with van der Waals surface area (Å²) in [6.45, 7) is 7.40. The van der Waals surface area contributed by atoms with E-state index < -0.39 is 11.6 Å². The van der Waals surface area contributed by atoms with E-state index >= 15 is 0 Å². The molecule has 0 N–H and O–H groups in total. The minimum absolute atomic E-state index is 0.0289. The van der Waals surface area contributed by atoms with Gasteiger partial charge in [0, 0.05) is 62.0 Å². The molecule has 3 heterocycles. The van der Waals surface area contributed by atoms with Crippen molar-refractivity contribution in [3.05, 3.63) is 51.9 Å². The van der Waals surface area contributed by atoms with Crippen molar-refractivity contribution in [3.8, 4) is 11.8 Å². The molecule has 1 aliphatic rings. The van der Waals surface area contributed by atoms with E-state index in [9.17, 15) is 13.6 Å². The van der Waals surface area contributed by atoms with Crippen LogP contribution < -0.4 is 15.2 Å². The normalized spacial score (nSPS) is 19.4. The zero-order valence-corrected chi connectivity index (χ0v) is 21.3. The molecule has 1 aromatic carbocycles. The van der Waals surface area contributed by atoms with Crippen molar-refractivity contribution < 1.29 is 13.5 Å². The van der Waals surface area contributed by atoms with Crippen molar-refractivity contribution in [2.45, 2.75) is 58.3 Å². The third-order valence-corrected chi connectivity index (χ3v) is 7.35. The van der Waals surface area contributed by atoms with Crippen molar-refractivity contribution in [1.29, 1.82) is 5.26 Å². The van der Waals surface area contributed by atoms with Gasteiger partial charge in [-0.2, -0.15) is 10.4 Å². The van der Waals surface area contributed by atoms with Crippen molar-refractivity contribution in [2.24, 2.45) is 7.05 Å². The van der Waals surface area contributed by atoms with Gasteiger partial charge >= 0.3 is 0 Å². The summed E-state index contributed by atoms with van der Waals surface area (Å²) in [4.78, 5) is 17.3. The Bertz CT molecular complexity index is 1360. The molecule has 1 fully saturated rings. The van der Waals surface area contributed by atoms with Crippen LogP contribution in [-0.4, -0.2) is 51.5 Å². The number of nitriles is 1. The molecule has 3 atom stereocenters. The van der Waals surface area contributed by atoms with Gasteiger partial charge in [0.15, 0.2) is 0 Å². The van der Waals surface area contributed by atoms with E-state index in [1.165, 1.54) is 13.2 Å². The van der Waals surface area contributed by atoms with E-state index in [-0.39, 0.29) is 36.0 Å². The second kappa shape index (κ2) is 10.3. The van der Waals surface area contributed by atoms with E-state index in [0.29, 0.717) is 29.7 Å². The molecule has 4 rings (SSSR count). The summed E-state index contributed by atoms with van der Waals surface area (Å²) in [5, 5.41) is 13.7. The highest BCUT2D eigenvalue weighted by molar-refractivity contribution is 5.88. The fraction of sp³-hybridized carbons (Fsp3) is 0.500. The number of anilines is 1. The summed E-state index contributed by atoms with van der Waals surface area (Å²) >= 11 is 0. The van der Waals surface area contributed by atoms with Crippen LogP contribution in [-0.2, 0) is 13.6 Å². The number of piperazine rings is 1. The number of aromatic nitrogens is 3. The molecule has 0 radical (unpaired) electrons. The third kappa shape index (κ3) is 4.44. The van der Waals surface area contributed by atoms with Gasteiger partial charge < -0.3 is 14.2 Å². The number of nitrogens with zero attached hydrogens (tertiary/aromatic N) is 6. The average Bonchev–Trinajstić information content (AvgIpc) is 3.29. The molecule has 192 valence electrons. The van der Waals surface area contributed by atoms with Crippen molar-refractivity contribution in [3.63, 3.8) is 0 Å². The van der Waals surface area contributed by atoms with E-state index in [1.54, 1.807) is 28.6 Å². The maximum absolute atomic E-state index is 14.9. The standard InChI is InChI=1S/C26H32F2N6O2/c1-6-18-14-34(21-12-24(35)31(4)22-15-32(9-8-29)30-26(21)22)19(7-2)13-33(18)16(3)25-20(28)10-17(27)11-23(25)36-5/h10-12,15-16,18-19H,6-7,9,13-14H2,1-5H3/t16-,18+,19-/m0/s1. The summed E-state index contributed by atoms with van der Waals surface area (Å²) in [7, 11) is 3.12. The third-order valence-electron chi connectivity index (χ3n) is 7.35. The lowest BCUT2D eigenvalue weighted by atomic mass is 9.95. The second-order valence-electron chi connectivity index (χ2n) is 9.30. The highest BCUT2D eigenvalue weighted by atomic mass is 19.1. The van der Waals surface area contributed by atoms with Gasteiger partial charge in [0.1, 0.15) is 29.4 Å². The zero-order chi connectivity index (χ0) is 26.1. The van der Waals surface area contributed by atoms with Crippen LogP contribution >= 0.6 is 0 Å². The van der Waals surface area contributed by atoms with E-state index in [0.717, 1.165) is 24.6 Å². The number of hydrogen-bond acceptors (Lipinski definition) is 6. The Morgan fingerprint density at radius 3 is 2.56 bits per heavy atom. The summed E-state index contributed by atoms with van der Waals surface area (Å²) in [6, 6.07) is 5.55. The number of benzene rings is 1. The number of fused-ring (bicyclic) bond motifs is 1. The minimum Gasteiger partial charge on any atom is -0.496 e. The number of rotatable bonds is 7. The first-order valence-corrected chi connectivity index (χ1v) is 12.2. The number of methoxy groups -OCH3 is 1. The fourth-order valence-corrected chi connectivity index (χ4v) is 5.37. The largest absolute Gasteiger partial charge is 0.496 e. The maximum atomic E-state index is 14.9. The molecule has 0 bridgehead atoms. The maximum Gasteiger partial charge on any atom is 0.252 e. The number of pyridine rings is 1. The highest BCUT2D eigenvalue weighted by Crippen LogP contribution is 2.38. The van der Waals surface area contributed by atoms with Crippen molar-refractivity contribution in [1.82, 2.24) is 19.2 Å². The molecule has 36 heavy (non-hydrogen) atoms. The monoisotopic (exact) mass is 498 g/mol. The molecule has 10 heteroatoms. The Balaban J connectivity index is 1.75. The Labute approximate surface area is 209 Å². The fourth-order valence-electron chi connectivity index (χ4n) is 5.37. The smallest absolute Gasteiger partial charge is 0.252 e. The molecule has 0 saturated carbocycles. The Hall–Kier alpha value is -3.45. The van der Waals surface area contributed by atoms with E-state index in [4.69, 9.17) is 10.00 Å². The molecule has 3 aromatic rings. The number of ether oxygens (including phenoxy) is 1. The number of halogens is 2. The predicted octanol–water partition coefficient (Wildman–Crippen LogP) is 3.99.